The van der Waals surface area contributed by atoms with Crippen molar-refractivity contribution in [2.24, 2.45) is 5.92 Å². The minimum Gasteiger partial charge on any atom is -0.334 e. The molecular formula is C19H24FN3OS. The summed E-state index contributed by atoms with van der Waals surface area (Å²) < 4.78 is 13.3. The number of hydrogen-bond donors (Lipinski definition) is 2. The molecule has 2 N–H and O–H groups in total. The molecule has 25 heavy (non-hydrogen) atoms. The number of carbonyl (C=O) groups is 1. The van der Waals surface area contributed by atoms with Crippen molar-refractivity contribution in [2.45, 2.75) is 43.3 Å². The second-order valence-electron chi connectivity index (χ2n) is 7.81. The van der Waals surface area contributed by atoms with Gasteiger partial charge in [-0.25, -0.2) is 9.18 Å². The van der Waals surface area contributed by atoms with Gasteiger partial charge in [0.25, 0.3) is 0 Å². The second kappa shape index (κ2) is 6.16. The normalized spacial score (nSPS) is 36.1. The first-order valence-electron chi connectivity index (χ1n) is 9.38. The lowest BCUT2D eigenvalue weighted by molar-refractivity contribution is 0.132. The lowest BCUT2D eigenvalue weighted by Crippen LogP contribution is -2.59. The van der Waals surface area contributed by atoms with Crippen molar-refractivity contribution in [1.82, 2.24) is 15.5 Å². The first-order chi connectivity index (χ1) is 12.2. The van der Waals surface area contributed by atoms with Crippen molar-refractivity contribution >= 4 is 17.8 Å². The molecule has 1 aromatic rings. The number of thioether (sulfide) groups is 1. The third-order valence-corrected chi connectivity index (χ3v) is 7.46. The highest BCUT2D eigenvalue weighted by Crippen LogP contribution is 2.56. The molecular weight excluding hydrogens is 337 g/mol. The molecule has 2 aliphatic carbocycles. The zero-order valence-electron chi connectivity index (χ0n) is 14.2. The SMILES string of the molecule is O=C(NC1CCCN2CCSCC12)NC1C2Cc3cc(F)ccc3C21. The third-order valence-electron chi connectivity index (χ3n) is 6.41. The molecule has 2 heterocycles. The number of nitrogens with zero attached hydrogens (tertiary/aromatic N) is 1. The molecule has 0 radical (unpaired) electrons. The largest absolute Gasteiger partial charge is 0.334 e. The van der Waals surface area contributed by atoms with Gasteiger partial charge in [0, 0.05) is 42.1 Å². The average molecular weight is 361 g/mol. The molecule has 5 atom stereocenters. The molecule has 1 saturated carbocycles. The van der Waals surface area contributed by atoms with E-state index >= 15 is 0 Å². The molecule has 0 spiro atoms. The van der Waals surface area contributed by atoms with Crippen molar-refractivity contribution in [3.63, 3.8) is 0 Å². The van der Waals surface area contributed by atoms with Crippen LogP contribution >= 0.6 is 11.8 Å². The Balaban J connectivity index is 1.19. The van der Waals surface area contributed by atoms with Crippen molar-refractivity contribution < 1.29 is 9.18 Å². The number of benzene rings is 1. The molecule has 1 aromatic carbocycles. The highest BCUT2D eigenvalue weighted by atomic mass is 32.2. The molecule has 4 aliphatic rings. The summed E-state index contributed by atoms with van der Waals surface area (Å²) in [5.74, 6) is 3.01. The molecule has 134 valence electrons. The molecule has 2 amide bonds. The summed E-state index contributed by atoms with van der Waals surface area (Å²) >= 11 is 2.00. The van der Waals surface area contributed by atoms with Crippen molar-refractivity contribution in [2.75, 3.05) is 24.6 Å². The fraction of sp³-hybridized carbons (Fsp3) is 0.632. The summed E-state index contributed by atoms with van der Waals surface area (Å²) in [6.07, 6.45) is 3.13. The maximum Gasteiger partial charge on any atom is 0.315 e. The zero-order chi connectivity index (χ0) is 17.0. The zero-order valence-corrected chi connectivity index (χ0v) is 15.0. The summed E-state index contributed by atoms with van der Waals surface area (Å²) in [6.45, 7) is 2.32. The second-order valence-corrected chi connectivity index (χ2v) is 8.96. The van der Waals surface area contributed by atoms with E-state index in [1.807, 2.05) is 17.8 Å². The molecule has 3 fully saturated rings. The van der Waals surface area contributed by atoms with Crippen molar-refractivity contribution in [3.8, 4) is 0 Å². The minimum absolute atomic E-state index is 0.0227. The summed E-state index contributed by atoms with van der Waals surface area (Å²) in [7, 11) is 0. The number of urea groups is 1. The Labute approximate surface area is 151 Å². The van der Waals surface area contributed by atoms with Crippen molar-refractivity contribution in [3.05, 3.63) is 35.1 Å². The lowest BCUT2D eigenvalue weighted by Gasteiger charge is -2.44. The van der Waals surface area contributed by atoms with Gasteiger partial charge in [0.2, 0.25) is 0 Å². The van der Waals surface area contributed by atoms with Crippen LogP contribution in [0.5, 0.6) is 0 Å². The van der Waals surface area contributed by atoms with E-state index in [-0.39, 0.29) is 23.9 Å². The molecule has 5 rings (SSSR count). The van der Waals surface area contributed by atoms with Crippen LogP contribution in [0.25, 0.3) is 0 Å². The van der Waals surface area contributed by atoms with E-state index in [0.29, 0.717) is 17.9 Å². The molecule has 6 heteroatoms. The smallest absolute Gasteiger partial charge is 0.315 e. The van der Waals surface area contributed by atoms with E-state index in [2.05, 4.69) is 15.5 Å². The van der Waals surface area contributed by atoms with E-state index in [0.717, 1.165) is 30.7 Å². The van der Waals surface area contributed by atoms with E-state index in [1.165, 1.54) is 30.3 Å². The van der Waals surface area contributed by atoms with E-state index < -0.39 is 0 Å². The standard InChI is InChI=1S/C19H24FN3OS/c20-12-3-4-13-11(8-12)9-14-17(13)18(14)22-19(24)21-15-2-1-5-23-6-7-25-10-16(15)23/h3-4,8,14-18H,1-2,5-7,9-10H2,(H2,21,22,24). The number of hydrogen-bond acceptors (Lipinski definition) is 3. The fourth-order valence-corrected chi connectivity index (χ4v) is 6.34. The monoisotopic (exact) mass is 361 g/mol. The lowest BCUT2D eigenvalue weighted by atomic mass is 9.97. The third kappa shape index (κ3) is 2.83. The summed E-state index contributed by atoms with van der Waals surface area (Å²) in [6, 6.07) is 6.03. The molecule has 0 aromatic heterocycles. The number of rotatable bonds is 2. The predicted molar refractivity (Wildman–Crippen MR) is 97.5 cm³/mol. The van der Waals surface area contributed by atoms with Gasteiger partial charge in [-0.2, -0.15) is 11.8 Å². The van der Waals surface area contributed by atoms with Crippen LogP contribution < -0.4 is 10.6 Å². The topological polar surface area (TPSA) is 44.4 Å². The van der Waals surface area contributed by atoms with Crippen LogP contribution in [0, 0.1) is 11.7 Å². The number of piperidine rings is 1. The van der Waals surface area contributed by atoms with Gasteiger partial charge in [-0.3, -0.25) is 4.90 Å². The van der Waals surface area contributed by atoms with E-state index in [1.54, 1.807) is 6.07 Å². The summed E-state index contributed by atoms with van der Waals surface area (Å²) in [5.41, 5.74) is 2.35. The molecule has 2 aliphatic heterocycles. The van der Waals surface area contributed by atoms with Gasteiger partial charge in [-0.15, -0.1) is 0 Å². The first-order valence-corrected chi connectivity index (χ1v) is 10.5. The first kappa shape index (κ1) is 15.9. The van der Waals surface area contributed by atoms with Crippen LogP contribution in [-0.4, -0.2) is 53.7 Å². The Bertz CT molecular complexity index is 697. The van der Waals surface area contributed by atoms with Gasteiger partial charge in [0.15, 0.2) is 0 Å². The van der Waals surface area contributed by atoms with Crippen LogP contribution in [0.1, 0.15) is 29.9 Å². The van der Waals surface area contributed by atoms with Gasteiger partial charge in [-0.1, -0.05) is 6.07 Å². The molecule has 4 nitrogen and oxygen atoms in total. The number of amides is 2. The van der Waals surface area contributed by atoms with Crippen LogP contribution in [0.15, 0.2) is 18.2 Å². The number of carbonyl (C=O) groups excluding carboxylic acids is 1. The molecule has 0 bridgehead atoms. The highest BCUT2D eigenvalue weighted by Gasteiger charge is 2.56. The van der Waals surface area contributed by atoms with Gasteiger partial charge < -0.3 is 10.6 Å². The van der Waals surface area contributed by atoms with Gasteiger partial charge >= 0.3 is 6.03 Å². The molecule has 2 saturated heterocycles. The molecule has 5 unspecified atom stereocenters. The fourth-order valence-electron chi connectivity index (χ4n) is 5.12. The van der Waals surface area contributed by atoms with E-state index in [9.17, 15) is 9.18 Å². The van der Waals surface area contributed by atoms with Gasteiger partial charge in [-0.05, 0) is 55.0 Å². The van der Waals surface area contributed by atoms with Crippen molar-refractivity contribution in [1.29, 1.82) is 0 Å². The Morgan fingerprint density at radius 2 is 2.20 bits per heavy atom. The van der Waals surface area contributed by atoms with Gasteiger partial charge in [0.1, 0.15) is 5.82 Å². The Morgan fingerprint density at radius 3 is 3.12 bits per heavy atom. The Hall–Kier alpha value is -1.27. The van der Waals surface area contributed by atoms with Crippen LogP contribution in [-0.2, 0) is 6.42 Å². The van der Waals surface area contributed by atoms with Crippen LogP contribution in [0.2, 0.25) is 0 Å². The Kier molecular flexibility index (Phi) is 3.93. The van der Waals surface area contributed by atoms with Crippen LogP contribution in [0.4, 0.5) is 9.18 Å². The Morgan fingerprint density at radius 1 is 1.28 bits per heavy atom. The average Bonchev–Trinajstić information content (AvgIpc) is 3.12. The summed E-state index contributed by atoms with van der Waals surface area (Å²) in [4.78, 5) is 15.1. The predicted octanol–water partition coefficient (Wildman–Crippen LogP) is 2.34. The maximum atomic E-state index is 13.3. The summed E-state index contributed by atoms with van der Waals surface area (Å²) in [5, 5.41) is 6.43. The van der Waals surface area contributed by atoms with Crippen LogP contribution in [0.3, 0.4) is 0 Å². The number of halogens is 1. The van der Waals surface area contributed by atoms with Gasteiger partial charge in [0.05, 0.1) is 0 Å². The minimum atomic E-state index is -0.158. The highest BCUT2D eigenvalue weighted by molar-refractivity contribution is 7.99. The number of fused-ring (bicyclic) bond motifs is 4. The van der Waals surface area contributed by atoms with E-state index in [4.69, 9.17) is 0 Å². The number of nitrogens with one attached hydrogen (secondary N) is 2. The maximum absolute atomic E-state index is 13.3. The quantitative estimate of drug-likeness (QED) is 0.850.